The van der Waals surface area contributed by atoms with E-state index in [-0.39, 0.29) is 23.8 Å². The van der Waals surface area contributed by atoms with Gasteiger partial charge in [0.05, 0.1) is 6.42 Å². The number of likely N-dealkylation sites (tertiary alicyclic amines) is 1. The SMILES string of the molecule is Cc1ncc(CC(=O)N2CCCC(CCc3ccc(F)cc3F)C2)c(=O)[nH]1. The molecule has 2 aromatic rings. The van der Waals surface area contributed by atoms with Gasteiger partial charge in [0.25, 0.3) is 5.56 Å². The quantitative estimate of drug-likeness (QED) is 0.874. The van der Waals surface area contributed by atoms with Crippen LogP contribution in [0.1, 0.15) is 36.2 Å². The van der Waals surface area contributed by atoms with Crippen LogP contribution in [0.4, 0.5) is 8.78 Å². The Kier molecular flexibility index (Phi) is 5.98. The zero-order valence-corrected chi connectivity index (χ0v) is 15.3. The van der Waals surface area contributed by atoms with Crippen molar-refractivity contribution < 1.29 is 13.6 Å². The average Bonchev–Trinajstić information content (AvgIpc) is 2.63. The number of rotatable bonds is 5. The molecule has 1 aromatic heterocycles. The van der Waals surface area contributed by atoms with Gasteiger partial charge in [-0.05, 0) is 50.2 Å². The molecule has 1 fully saturated rings. The van der Waals surface area contributed by atoms with Gasteiger partial charge in [0, 0.05) is 30.9 Å². The van der Waals surface area contributed by atoms with Crippen LogP contribution in [0.5, 0.6) is 0 Å². The van der Waals surface area contributed by atoms with E-state index >= 15 is 0 Å². The van der Waals surface area contributed by atoms with Gasteiger partial charge in [0.15, 0.2) is 0 Å². The molecule has 5 nitrogen and oxygen atoms in total. The third kappa shape index (κ3) is 4.99. The fourth-order valence-corrected chi connectivity index (χ4v) is 3.52. The van der Waals surface area contributed by atoms with Gasteiger partial charge in [-0.15, -0.1) is 0 Å². The molecular formula is C20H23F2N3O2. The number of nitrogens with zero attached hydrogens (tertiary/aromatic N) is 2. The lowest BCUT2D eigenvalue weighted by molar-refractivity contribution is -0.132. The molecule has 0 spiro atoms. The van der Waals surface area contributed by atoms with Crippen molar-refractivity contribution in [3.05, 3.63) is 63.3 Å². The molecule has 3 rings (SSSR count). The summed E-state index contributed by atoms with van der Waals surface area (Å²) in [5, 5.41) is 0. The highest BCUT2D eigenvalue weighted by Gasteiger charge is 2.24. The van der Waals surface area contributed by atoms with Crippen molar-refractivity contribution in [2.75, 3.05) is 13.1 Å². The Balaban J connectivity index is 1.56. The van der Waals surface area contributed by atoms with E-state index in [9.17, 15) is 18.4 Å². The lowest BCUT2D eigenvalue weighted by Crippen LogP contribution is -2.41. The van der Waals surface area contributed by atoms with E-state index in [0.29, 0.717) is 36.5 Å². The maximum absolute atomic E-state index is 13.8. The summed E-state index contributed by atoms with van der Waals surface area (Å²) in [5.41, 5.74) is 0.578. The first kappa shape index (κ1) is 19.2. The Bertz CT molecular complexity index is 882. The topological polar surface area (TPSA) is 66.1 Å². The average molecular weight is 375 g/mol. The summed E-state index contributed by atoms with van der Waals surface area (Å²) >= 11 is 0. The van der Waals surface area contributed by atoms with E-state index < -0.39 is 11.6 Å². The Morgan fingerprint density at radius 3 is 2.89 bits per heavy atom. The Labute approximate surface area is 156 Å². The fraction of sp³-hybridized carbons (Fsp3) is 0.450. The molecule has 1 atom stereocenters. The van der Waals surface area contributed by atoms with Crippen molar-refractivity contribution >= 4 is 5.91 Å². The number of halogens is 2. The largest absolute Gasteiger partial charge is 0.342 e. The first-order chi connectivity index (χ1) is 12.9. The zero-order valence-electron chi connectivity index (χ0n) is 15.3. The van der Waals surface area contributed by atoms with Crippen LogP contribution in [0.3, 0.4) is 0 Å². The number of nitrogens with one attached hydrogen (secondary N) is 1. The highest BCUT2D eigenvalue weighted by Crippen LogP contribution is 2.23. The second-order valence-electron chi connectivity index (χ2n) is 7.12. The zero-order chi connectivity index (χ0) is 19.4. The third-order valence-electron chi connectivity index (χ3n) is 5.05. The minimum absolute atomic E-state index is 0.0297. The molecular weight excluding hydrogens is 352 g/mol. The standard InChI is InChI=1S/C20H23F2N3O2/c1-13-23-11-16(20(27)24-13)9-19(26)25-8-2-3-14(12-25)4-5-15-6-7-17(21)10-18(15)22/h6-7,10-11,14H,2-5,8-9,12H2,1H3,(H,23,24,27). The van der Waals surface area contributed by atoms with E-state index in [4.69, 9.17) is 0 Å². The van der Waals surface area contributed by atoms with E-state index in [1.807, 2.05) is 0 Å². The number of aromatic nitrogens is 2. The summed E-state index contributed by atoms with van der Waals surface area (Å²) in [5.74, 6) is -0.413. The smallest absolute Gasteiger partial charge is 0.254 e. The van der Waals surface area contributed by atoms with Crippen molar-refractivity contribution in [2.45, 2.75) is 39.0 Å². The summed E-state index contributed by atoms with van der Waals surface area (Å²) < 4.78 is 26.8. The predicted molar refractivity (Wildman–Crippen MR) is 97.3 cm³/mol. The Hall–Kier alpha value is -2.57. The molecule has 1 saturated heterocycles. The number of hydrogen-bond donors (Lipinski definition) is 1. The van der Waals surface area contributed by atoms with Gasteiger partial charge < -0.3 is 9.88 Å². The molecule has 1 unspecified atom stereocenters. The highest BCUT2D eigenvalue weighted by molar-refractivity contribution is 5.78. The Morgan fingerprint density at radius 2 is 2.15 bits per heavy atom. The third-order valence-corrected chi connectivity index (χ3v) is 5.05. The number of H-pyrrole nitrogens is 1. The van der Waals surface area contributed by atoms with Crippen LogP contribution in [0, 0.1) is 24.5 Å². The maximum Gasteiger partial charge on any atom is 0.254 e. The second-order valence-corrected chi connectivity index (χ2v) is 7.12. The summed E-state index contributed by atoms with van der Waals surface area (Å²) in [6, 6.07) is 3.65. The number of aromatic amines is 1. The van der Waals surface area contributed by atoms with Gasteiger partial charge in [-0.3, -0.25) is 9.59 Å². The van der Waals surface area contributed by atoms with Gasteiger partial charge in [0.1, 0.15) is 17.5 Å². The minimum Gasteiger partial charge on any atom is -0.342 e. The van der Waals surface area contributed by atoms with Gasteiger partial charge in [-0.1, -0.05) is 6.07 Å². The molecule has 1 aliphatic rings. The number of piperidine rings is 1. The molecule has 7 heteroatoms. The van der Waals surface area contributed by atoms with Gasteiger partial charge in [0.2, 0.25) is 5.91 Å². The number of carbonyl (C=O) groups excluding carboxylic acids is 1. The monoisotopic (exact) mass is 375 g/mol. The highest BCUT2D eigenvalue weighted by atomic mass is 19.1. The minimum atomic E-state index is -0.578. The van der Waals surface area contributed by atoms with Crippen LogP contribution < -0.4 is 5.56 Å². The first-order valence-electron chi connectivity index (χ1n) is 9.19. The number of benzene rings is 1. The van der Waals surface area contributed by atoms with Gasteiger partial charge in [-0.2, -0.15) is 0 Å². The van der Waals surface area contributed by atoms with Gasteiger partial charge >= 0.3 is 0 Å². The molecule has 1 amide bonds. The normalized spacial score (nSPS) is 17.1. The van der Waals surface area contributed by atoms with Gasteiger partial charge in [-0.25, -0.2) is 13.8 Å². The van der Waals surface area contributed by atoms with E-state index in [0.717, 1.165) is 25.3 Å². The lowest BCUT2D eigenvalue weighted by Gasteiger charge is -2.33. The van der Waals surface area contributed by atoms with Crippen molar-refractivity contribution in [3.63, 3.8) is 0 Å². The fourth-order valence-electron chi connectivity index (χ4n) is 3.52. The van der Waals surface area contributed by atoms with Crippen molar-refractivity contribution in [2.24, 2.45) is 5.92 Å². The summed E-state index contributed by atoms with van der Waals surface area (Å²) in [6.45, 7) is 2.95. The molecule has 27 heavy (non-hydrogen) atoms. The number of amides is 1. The van der Waals surface area contributed by atoms with Crippen LogP contribution in [0.15, 0.2) is 29.2 Å². The van der Waals surface area contributed by atoms with E-state index in [2.05, 4.69) is 9.97 Å². The van der Waals surface area contributed by atoms with Crippen LogP contribution >= 0.6 is 0 Å². The molecule has 144 valence electrons. The second kappa shape index (κ2) is 8.41. The van der Waals surface area contributed by atoms with Crippen LogP contribution in [0.2, 0.25) is 0 Å². The molecule has 0 aliphatic carbocycles. The van der Waals surface area contributed by atoms with Crippen LogP contribution in [-0.2, 0) is 17.6 Å². The molecule has 1 N–H and O–H groups in total. The molecule has 0 bridgehead atoms. The Morgan fingerprint density at radius 1 is 1.33 bits per heavy atom. The summed E-state index contributed by atoms with van der Waals surface area (Å²) in [7, 11) is 0. The van der Waals surface area contributed by atoms with Crippen LogP contribution in [0.25, 0.3) is 0 Å². The molecule has 2 heterocycles. The van der Waals surface area contributed by atoms with Crippen molar-refractivity contribution in [1.82, 2.24) is 14.9 Å². The number of hydrogen-bond acceptors (Lipinski definition) is 3. The van der Waals surface area contributed by atoms with Crippen molar-refractivity contribution in [1.29, 1.82) is 0 Å². The maximum atomic E-state index is 13.8. The first-order valence-corrected chi connectivity index (χ1v) is 9.19. The van der Waals surface area contributed by atoms with Crippen molar-refractivity contribution in [3.8, 4) is 0 Å². The molecule has 0 saturated carbocycles. The lowest BCUT2D eigenvalue weighted by atomic mass is 9.91. The molecule has 1 aromatic carbocycles. The summed E-state index contributed by atoms with van der Waals surface area (Å²) in [4.78, 5) is 32.9. The molecule has 1 aliphatic heterocycles. The van der Waals surface area contributed by atoms with Crippen LogP contribution in [-0.4, -0.2) is 33.9 Å². The predicted octanol–water partition coefficient (Wildman–Crippen LogP) is 2.77. The number of carbonyl (C=O) groups is 1. The van der Waals surface area contributed by atoms with E-state index in [1.165, 1.54) is 18.3 Å². The van der Waals surface area contributed by atoms with E-state index in [1.54, 1.807) is 11.8 Å². The number of aryl methyl sites for hydroxylation is 2. The summed E-state index contributed by atoms with van der Waals surface area (Å²) in [6.07, 6.45) is 4.58. The molecule has 0 radical (unpaired) electrons.